The average molecular weight is 290 g/mol. The molecule has 1 aromatic rings. The number of likely N-dealkylation sites (N-methyl/N-ethyl adjacent to an activating group) is 1. The van der Waals surface area contributed by atoms with E-state index in [0.717, 1.165) is 5.57 Å². The van der Waals surface area contributed by atoms with Crippen LogP contribution < -0.4 is 4.90 Å². The highest BCUT2D eigenvalue weighted by Gasteiger charge is 2.21. The molecule has 0 saturated heterocycles. The van der Waals surface area contributed by atoms with Gasteiger partial charge in [-0.2, -0.15) is 0 Å². The third-order valence-electron chi connectivity index (χ3n) is 2.96. The number of hydrogen-bond donors (Lipinski definition) is 1. The Balaban J connectivity index is 2.96. The molecule has 0 bridgehead atoms. The summed E-state index contributed by atoms with van der Waals surface area (Å²) >= 11 is 0. The van der Waals surface area contributed by atoms with Gasteiger partial charge in [0.2, 0.25) is 0 Å². The largest absolute Gasteiger partial charge is 0.481 e. The topological polar surface area (TPSA) is 60.9 Å². The molecular formula is C16H22N2O3. The lowest BCUT2D eigenvalue weighted by Gasteiger charge is -2.30. The van der Waals surface area contributed by atoms with Crippen LogP contribution >= 0.6 is 0 Å². The normalized spacial score (nSPS) is 10.0. The smallest absolute Gasteiger partial charge is 0.324 e. The zero-order valence-electron chi connectivity index (χ0n) is 12.6. The summed E-state index contributed by atoms with van der Waals surface area (Å²) in [7, 11) is 0. The van der Waals surface area contributed by atoms with Crippen molar-refractivity contribution in [2.45, 2.75) is 20.3 Å². The maximum absolute atomic E-state index is 12.6. The van der Waals surface area contributed by atoms with Crippen molar-refractivity contribution in [1.82, 2.24) is 4.90 Å². The van der Waals surface area contributed by atoms with Crippen molar-refractivity contribution >= 4 is 17.7 Å². The molecule has 1 aromatic carbocycles. The molecule has 0 aliphatic rings. The number of carboxylic acids is 1. The number of urea groups is 1. The first-order chi connectivity index (χ1) is 9.95. The van der Waals surface area contributed by atoms with Gasteiger partial charge in [-0.25, -0.2) is 4.79 Å². The molecule has 0 aliphatic heterocycles. The highest BCUT2D eigenvalue weighted by molar-refractivity contribution is 5.92. The average Bonchev–Trinajstić information content (AvgIpc) is 2.45. The lowest BCUT2D eigenvalue weighted by Crippen LogP contribution is -2.44. The molecule has 114 valence electrons. The highest BCUT2D eigenvalue weighted by Crippen LogP contribution is 2.16. The fourth-order valence-electron chi connectivity index (χ4n) is 1.96. The second kappa shape index (κ2) is 8.09. The Kier molecular flexibility index (Phi) is 6.46. The van der Waals surface area contributed by atoms with Crippen molar-refractivity contribution in [2.24, 2.45) is 0 Å². The number of anilines is 1. The zero-order chi connectivity index (χ0) is 15.8. The summed E-state index contributed by atoms with van der Waals surface area (Å²) in [6, 6.07) is 8.90. The Bertz CT molecular complexity index is 500. The summed E-state index contributed by atoms with van der Waals surface area (Å²) in [5.41, 5.74) is 1.58. The van der Waals surface area contributed by atoms with Crippen LogP contribution in [0.1, 0.15) is 20.3 Å². The van der Waals surface area contributed by atoms with Crippen LogP contribution in [0.25, 0.3) is 0 Å². The van der Waals surface area contributed by atoms with E-state index >= 15 is 0 Å². The van der Waals surface area contributed by atoms with Crippen LogP contribution in [0.2, 0.25) is 0 Å². The molecular weight excluding hydrogens is 268 g/mol. The van der Waals surface area contributed by atoms with Crippen LogP contribution in [-0.2, 0) is 4.79 Å². The first-order valence-electron chi connectivity index (χ1n) is 6.93. The summed E-state index contributed by atoms with van der Waals surface area (Å²) in [6.07, 6.45) is -0.0920. The molecule has 1 rings (SSSR count). The van der Waals surface area contributed by atoms with Crippen LogP contribution in [0, 0.1) is 0 Å². The van der Waals surface area contributed by atoms with Gasteiger partial charge in [-0.05, 0) is 26.0 Å². The van der Waals surface area contributed by atoms with Gasteiger partial charge in [0.1, 0.15) is 0 Å². The SMILES string of the molecule is C=C(C)CN(CC)C(=O)N(CCC(=O)O)c1ccccc1. The number of carbonyl (C=O) groups excluding carboxylic acids is 1. The van der Waals surface area contributed by atoms with Crippen molar-refractivity contribution in [3.05, 3.63) is 42.5 Å². The van der Waals surface area contributed by atoms with Crippen molar-refractivity contribution in [2.75, 3.05) is 24.5 Å². The predicted octanol–water partition coefficient (Wildman–Crippen LogP) is 2.99. The zero-order valence-corrected chi connectivity index (χ0v) is 12.6. The van der Waals surface area contributed by atoms with E-state index in [4.69, 9.17) is 5.11 Å². The number of aliphatic carboxylic acids is 1. The number of benzene rings is 1. The van der Waals surface area contributed by atoms with Gasteiger partial charge in [0.05, 0.1) is 6.42 Å². The third kappa shape index (κ3) is 5.30. The molecule has 0 heterocycles. The minimum absolute atomic E-state index is 0.0920. The molecule has 5 nitrogen and oxygen atoms in total. The fraction of sp³-hybridized carbons (Fsp3) is 0.375. The van der Waals surface area contributed by atoms with E-state index in [2.05, 4.69) is 6.58 Å². The standard InChI is InChI=1S/C16H22N2O3/c1-4-17(12-13(2)3)16(21)18(11-10-15(19)20)14-8-6-5-7-9-14/h5-9H,2,4,10-12H2,1,3H3,(H,19,20). The molecule has 5 heteroatoms. The van der Waals surface area contributed by atoms with Crippen LogP contribution in [-0.4, -0.2) is 41.6 Å². The molecule has 0 spiro atoms. The van der Waals surface area contributed by atoms with E-state index in [0.29, 0.717) is 18.8 Å². The molecule has 21 heavy (non-hydrogen) atoms. The van der Waals surface area contributed by atoms with Crippen LogP contribution in [0.5, 0.6) is 0 Å². The first kappa shape index (κ1) is 16.8. The lowest BCUT2D eigenvalue weighted by molar-refractivity contribution is -0.136. The predicted molar refractivity (Wildman–Crippen MR) is 83.5 cm³/mol. The Morgan fingerprint density at radius 3 is 2.33 bits per heavy atom. The number of carboxylic acid groups (broad SMARTS) is 1. The number of rotatable bonds is 7. The van der Waals surface area contributed by atoms with Gasteiger partial charge in [0, 0.05) is 25.3 Å². The summed E-state index contributed by atoms with van der Waals surface area (Å²) in [5.74, 6) is -0.924. The number of nitrogens with zero attached hydrogens (tertiary/aromatic N) is 2. The molecule has 0 unspecified atom stereocenters. The molecule has 0 aromatic heterocycles. The number of para-hydroxylation sites is 1. The van der Waals surface area contributed by atoms with Crippen molar-refractivity contribution < 1.29 is 14.7 Å². The Morgan fingerprint density at radius 1 is 1.24 bits per heavy atom. The van der Waals surface area contributed by atoms with Gasteiger partial charge < -0.3 is 10.0 Å². The second-order valence-electron chi connectivity index (χ2n) is 4.88. The van der Waals surface area contributed by atoms with Crippen LogP contribution in [0.15, 0.2) is 42.5 Å². The van der Waals surface area contributed by atoms with E-state index in [1.54, 1.807) is 17.0 Å². The molecule has 0 saturated carbocycles. The van der Waals surface area contributed by atoms with E-state index in [1.165, 1.54) is 4.90 Å². The second-order valence-corrected chi connectivity index (χ2v) is 4.88. The quantitative estimate of drug-likeness (QED) is 0.785. The third-order valence-corrected chi connectivity index (χ3v) is 2.96. The Labute approximate surface area is 125 Å². The number of carbonyl (C=O) groups is 2. The van der Waals surface area contributed by atoms with Gasteiger partial charge in [0.25, 0.3) is 0 Å². The summed E-state index contributed by atoms with van der Waals surface area (Å²) < 4.78 is 0. The summed E-state index contributed by atoms with van der Waals surface area (Å²) in [6.45, 7) is 8.73. The molecule has 0 radical (unpaired) electrons. The molecule has 0 fully saturated rings. The van der Waals surface area contributed by atoms with Gasteiger partial charge in [-0.15, -0.1) is 0 Å². The van der Waals surface area contributed by atoms with Crippen molar-refractivity contribution in [3.8, 4) is 0 Å². The fourth-order valence-corrected chi connectivity index (χ4v) is 1.96. The first-order valence-corrected chi connectivity index (χ1v) is 6.93. The number of amides is 2. The van der Waals surface area contributed by atoms with Crippen molar-refractivity contribution in [3.63, 3.8) is 0 Å². The maximum atomic E-state index is 12.6. The van der Waals surface area contributed by atoms with Crippen LogP contribution in [0.3, 0.4) is 0 Å². The maximum Gasteiger partial charge on any atom is 0.324 e. The van der Waals surface area contributed by atoms with Gasteiger partial charge in [0.15, 0.2) is 0 Å². The van der Waals surface area contributed by atoms with Crippen LogP contribution in [0.4, 0.5) is 10.5 Å². The van der Waals surface area contributed by atoms with E-state index in [1.807, 2.05) is 32.0 Å². The Morgan fingerprint density at radius 2 is 1.86 bits per heavy atom. The lowest BCUT2D eigenvalue weighted by atomic mass is 10.2. The highest BCUT2D eigenvalue weighted by atomic mass is 16.4. The monoisotopic (exact) mass is 290 g/mol. The minimum Gasteiger partial charge on any atom is -0.481 e. The molecule has 1 N–H and O–H groups in total. The van der Waals surface area contributed by atoms with E-state index in [-0.39, 0.29) is 19.0 Å². The Hall–Kier alpha value is -2.30. The van der Waals surface area contributed by atoms with E-state index < -0.39 is 5.97 Å². The molecule has 0 atom stereocenters. The van der Waals surface area contributed by atoms with E-state index in [9.17, 15) is 9.59 Å². The minimum atomic E-state index is -0.924. The van der Waals surface area contributed by atoms with Crippen molar-refractivity contribution in [1.29, 1.82) is 0 Å². The number of hydrogen-bond acceptors (Lipinski definition) is 2. The molecule has 0 aliphatic carbocycles. The van der Waals surface area contributed by atoms with Gasteiger partial charge >= 0.3 is 12.0 Å². The van der Waals surface area contributed by atoms with Gasteiger partial charge in [-0.3, -0.25) is 9.69 Å². The summed E-state index contributed by atoms with van der Waals surface area (Å²) in [4.78, 5) is 26.6. The summed E-state index contributed by atoms with van der Waals surface area (Å²) in [5, 5.41) is 8.87. The molecule has 2 amide bonds. The van der Waals surface area contributed by atoms with Gasteiger partial charge in [-0.1, -0.05) is 30.4 Å².